The van der Waals surface area contributed by atoms with Gasteiger partial charge in [0, 0.05) is 24.2 Å². The number of benzene rings is 1. The third kappa shape index (κ3) is 6.61. The number of nitrogens with two attached hydrogens (primary N) is 1. The molecular formula is C25H30F2N4O3S. The Labute approximate surface area is 207 Å². The van der Waals surface area contributed by atoms with Crippen molar-refractivity contribution in [1.82, 2.24) is 9.88 Å². The van der Waals surface area contributed by atoms with E-state index in [1.165, 1.54) is 19.9 Å². The maximum absolute atomic E-state index is 14.8. The fourth-order valence-electron chi connectivity index (χ4n) is 3.65. The van der Waals surface area contributed by atoms with E-state index >= 15 is 0 Å². The Hall–Kier alpha value is -2.92. The number of primary amides is 1. The number of nitrogens with zero attached hydrogens (tertiary/aromatic N) is 2. The van der Waals surface area contributed by atoms with Crippen molar-refractivity contribution >= 4 is 28.1 Å². The summed E-state index contributed by atoms with van der Waals surface area (Å²) in [6, 6.07) is 7.11. The molecule has 0 aliphatic rings. The summed E-state index contributed by atoms with van der Waals surface area (Å²) in [6.45, 7) is 7.07. The number of amides is 1. The zero-order valence-corrected chi connectivity index (χ0v) is 20.8. The van der Waals surface area contributed by atoms with Crippen LogP contribution in [0.3, 0.4) is 0 Å². The zero-order chi connectivity index (χ0) is 25.8. The van der Waals surface area contributed by atoms with Crippen LogP contribution >= 0.6 is 11.3 Å². The van der Waals surface area contributed by atoms with E-state index < -0.39 is 23.1 Å². The normalized spacial score (nSPS) is 11.8. The lowest BCUT2D eigenvalue weighted by molar-refractivity contribution is 0.0778. The first kappa shape index (κ1) is 26.7. The minimum atomic E-state index is -1.41. The zero-order valence-electron chi connectivity index (χ0n) is 19.9. The molecule has 0 bridgehead atoms. The summed E-state index contributed by atoms with van der Waals surface area (Å²) >= 11 is 0.975. The van der Waals surface area contributed by atoms with Gasteiger partial charge in [0.15, 0.2) is 0 Å². The van der Waals surface area contributed by atoms with Gasteiger partial charge in [-0.05, 0) is 62.2 Å². The Morgan fingerprint density at radius 3 is 2.40 bits per heavy atom. The average molecular weight is 505 g/mol. The van der Waals surface area contributed by atoms with Crippen molar-refractivity contribution in [2.24, 2.45) is 5.73 Å². The molecule has 2 aromatic heterocycles. The van der Waals surface area contributed by atoms with Gasteiger partial charge in [-0.25, -0.2) is 13.8 Å². The minimum Gasteiger partial charge on any atom is -0.395 e. The molecule has 0 aliphatic heterocycles. The second-order valence-electron chi connectivity index (χ2n) is 8.77. The summed E-state index contributed by atoms with van der Waals surface area (Å²) in [5, 5.41) is 22.6. The van der Waals surface area contributed by atoms with Crippen molar-refractivity contribution in [2.75, 3.05) is 25.0 Å². The number of thiophene rings is 1. The number of aliphatic hydroxyl groups is 2. The smallest absolute Gasteiger partial charge is 0.251 e. The van der Waals surface area contributed by atoms with Crippen LogP contribution in [0.4, 0.5) is 19.6 Å². The molecule has 1 amide bonds. The van der Waals surface area contributed by atoms with E-state index in [2.05, 4.69) is 22.1 Å². The minimum absolute atomic E-state index is 0.0748. The Morgan fingerprint density at radius 2 is 1.89 bits per heavy atom. The highest BCUT2D eigenvalue weighted by Gasteiger charge is 2.24. The quantitative estimate of drug-likeness (QED) is 0.309. The van der Waals surface area contributed by atoms with Gasteiger partial charge in [0.25, 0.3) is 5.91 Å². The van der Waals surface area contributed by atoms with E-state index in [0.717, 1.165) is 42.0 Å². The highest BCUT2D eigenvalue weighted by molar-refractivity contribution is 7.20. The van der Waals surface area contributed by atoms with Crippen molar-refractivity contribution in [3.05, 3.63) is 64.9 Å². The molecule has 2 heterocycles. The third-order valence-electron chi connectivity index (χ3n) is 5.42. The number of anilines is 2. The molecule has 0 radical (unpaired) electrons. The van der Waals surface area contributed by atoms with Gasteiger partial charge in [-0.2, -0.15) is 0 Å². The molecule has 0 atom stereocenters. The number of rotatable bonds is 11. The predicted octanol–water partition coefficient (Wildman–Crippen LogP) is 4.36. The molecule has 0 saturated carbocycles. The van der Waals surface area contributed by atoms with Gasteiger partial charge < -0.3 is 21.3 Å². The first-order chi connectivity index (χ1) is 16.5. The maximum Gasteiger partial charge on any atom is 0.251 e. The lowest BCUT2D eigenvalue weighted by Crippen LogP contribution is -2.27. The summed E-state index contributed by atoms with van der Waals surface area (Å²) < 4.78 is 29.7. The van der Waals surface area contributed by atoms with Gasteiger partial charge in [0.05, 0.1) is 23.3 Å². The number of aromatic nitrogens is 1. The van der Waals surface area contributed by atoms with Crippen molar-refractivity contribution < 1.29 is 23.8 Å². The molecular weight excluding hydrogens is 474 g/mol. The van der Waals surface area contributed by atoms with Crippen LogP contribution in [0.1, 0.15) is 48.7 Å². The van der Waals surface area contributed by atoms with E-state index in [-0.39, 0.29) is 28.2 Å². The average Bonchev–Trinajstić information content (AvgIpc) is 3.18. The second-order valence-corrected chi connectivity index (χ2v) is 9.82. The topological polar surface area (TPSA) is 112 Å². The lowest BCUT2D eigenvalue weighted by Gasteiger charge is -2.20. The van der Waals surface area contributed by atoms with Gasteiger partial charge in [0.1, 0.15) is 22.5 Å². The molecule has 3 aromatic rings. The molecule has 0 aliphatic carbocycles. The number of carbonyl (C=O) groups excluding carboxylic acids is 1. The van der Waals surface area contributed by atoms with Crippen LogP contribution in [-0.2, 0) is 12.1 Å². The molecule has 0 unspecified atom stereocenters. The van der Waals surface area contributed by atoms with Crippen molar-refractivity contribution in [2.45, 2.75) is 39.3 Å². The number of nitrogens with one attached hydrogen (secondary N) is 1. The first-order valence-corrected chi connectivity index (χ1v) is 12.1. The standard InChI is InChI=1S/C25H30F2N4O3S/c1-4-7-31(8-9-32)14-15-5-6-21(29-13-15)30-24-17(23(28)33)12-20(35-24)22-18(26)10-16(11-19(22)27)25(2,3)34/h5-6,10-13,32,34H,4,7-9,14H2,1-3H3,(H2,28,33)(H,29,30). The van der Waals surface area contributed by atoms with Crippen LogP contribution in [0.2, 0.25) is 0 Å². The Bertz CT molecular complexity index is 1150. The summed E-state index contributed by atoms with van der Waals surface area (Å²) in [6.07, 6.45) is 2.65. The monoisotopic (exact) mass is 504 g/mol. The lowest BCUT2D eigenvalue weighted by atomic mass is 9.96. The molecule has 3 rings (SSSR count). The van der Waals surface area contributed by atoms with Crippen molar-refractivity contribution in [3.63, 3.8) is 0 Å². The molecule has 5 N–H and O–H groups in total. The van der Waals surface area contributed by atoms with Gasteiger partial charge in [-0.1, -0.05) is 13.0 Å². The van der Waals surface area contributed by atoms with Gasteiger partial charge in [-0.3, -0.25) is 9.69 Å². The van der Waals surface area contributed by atoms with Gasteiger partial charge in [-0.15, -0.1) is 11.3 Å². The second kappa shape index (κ2) is 11.2. The van der Waals surface area contributed by atoms with Crippen LogP contribution in [0, 0.1) is 11.6 Å². The Balaban J connectivity index is 1.87. The largest absolute Gasteiger partial charge is 0.395 e. The van der Waals surface area contributed by atoms with Crippen molar-refractivity contribution in [3.8, 4) is 10.4 Å². The molecule has 188 valence electrons. The van der Waals surface area contributed by atoms with E-state index in [0.29, 0.717) is 23.9 Å². The molecule has 1 aromatic carbocycles. The summed E-state index contributed by atoms with van der Waals surface area (Å²) in [7, 11) is 0. The highest BCUT2D eigenvalue weighted by Crippen LogP contribution is 2.40. The number of carbonyl (C=O) groups is 1. The number of pyridine rings is 1. The number of hydrogen-bond donors (Lipinski definition) is 4. The van der Waals surface area contributed by atoms with Crippen molar-refractivity contribution in [1.29, 1.82) is 0 Å². The molecule has 0 spiro atoms. The van der Waals surface area contributed by atoms with E-state index in [1.807, 2.05) is 6.07 Å². The SMILES string of the molecule is CCCN(CCO)Cc1ccc(Nc2sc(-c3c(F)cc(C(C)(C)O)cc3F)cc2C(N)=O)nc1. The predicted molar refractivity (Wildman–Crippen MR) is 134 cm³/mol. The summed E-state index contributed by atoms with van der Waals surface area (Å²) in [5.74, 6) is -2.02. The Morgan fingerprint density at radius 1 is 1.20 bits per heavy atom. The number of hydrogen-bond acceptors (Lipinski definition) is 7. The van der Waals surface area contributed by atoms with Crippen LogP contribution in [-0.4, -0.2) is 45.7 Å². The van der Waals surface area contributed by atoms with Crippen LogP contribution in [0.25, 0.3) is 10.4 Å². The fraction of sp³-hybridized carbons (Fsp3) is 0.360. The van der Waals surface area contributed by atoms with E-state index in [9.17, 15) is 23.8 Å². The maximum atomic E-state index is 14.8. The number of aliphatic hydroxyl groups excluding tert-OH is 1. The summed E-state index contributed by atoms with van der Waals surface area (Å²) in [4.78, 5) is 18.7. The van der Waals surface area contributed by atoms with E-state index in [1.54, 1.807) is 12.3 Å². The molecule has 35 heavy (non-hydrogen) atoms. The molecule has 0 fully saturated rings. The van der Waals surface area contributed by atoms with Crippen LogP contribution < -0.4 is 11.1 Å². The third-order valence-corrected chi connectivity index (χ3v) is 6.49. The van der Waals surface area contributed by atoms with Gasteiger partial charge in [0.2, 0.25) is 0 Å². The first-order valence-electron chi connectivity index (χ1n) is 11.2. The van der Waals surface area contributed by atoms with Gasteiger partial charge >= 0.3 is 0 Å². The fourth-order valence-corrected chi connectivity index (χ4v) is 4.76. The molecule has 10 heteroatoms. The van der Waals surface area contributed by atoms with E-state index in [4.69, 9.17) is 5.73 Å². The Kier molecular flexibility index (Phi) is 8.55. The number of halogens is 2. The van der Waals surface area contributed by atoms with Crippen LogP contribution in [0.15, 0.2) is 36.5 Å². The molecule has 0 saturated heterocycles. The highest BCUT2D eigenvalue weighted by atomic mass is 32.1. The van der Waals surface area contributed by atoms with Crippen LogP contribution in [0.5, 0.6) is 0 Å². The molecule has 7 nitrogen and oxygen atoms in total. The summed E-state index contributed by atoms with van der Waals surface area (Å²) in [5.41, 5.74) is 4.93.